The highest BCUT2D eigenvalue weighted by Crippen LogP contribution is 2.36. The second kappa shape index (κ2) is 4.53. The van der Waals surface area contributed by atoms with Crippen molar-refractivity contribution in [1.29, 1.82) is 0 Å². The fourth-order valence-corrected chi connectivity index (χ4v) is 2.30. The van der Waals surface area contributed by atoms with E-state index in [1.54, 1.807) is 18.2 Å². The normalized spacial score (nSPS) is 16.9. The number of amides is 1. The number of nitrogens with one attached hydrogen (secondary N) is 1. The molecule has 4 heteroatoms. The van der Waals surface area contributed by atoms with Crippen LogP contribution in [-0.2, 0) is 11.2 Å². The van der Waals surface area contributed by atoms with Gasteiger partial charge in [0.05, 0.1) is 6.42 Å². The van der Waals surface area contributed by atoms with Crippen LogP contribution in [0.2, 0.25) is 0 Å². The second-order valence-corrected chi connectivity index (χ2v) is 4.79. The van der Waals surface area contributed by atoms with Crippen LogP contribution in [-0.4, -0.2) is 16.8 Å². The van der Waals surface area contributed by atoms with Gasteiger partial charge < -0.3 is 5.32 Å². The Morgan fingerprint density at radius 3 is 2.69 bits per heavy atom. The molecule has 16 heavy (non-hydrogen) atoms. The molecule has 1 aliphatic rings. The molecule has 1 aliphatic carbocycles. The molecule has 0 spiro atoms. The maximum Gasteiger partial charge on any atom is 0.224 e. The van der Waals surface area contributed by atoms with Crippen molar-refractivity contribution in [2.24, 2.45) is 0 Å². The van der Waals surface area contributed by atoms with Crippen LogP contribution in [0.1, 0.15) is 18.4 Å². The van der Waals surface area contributed by atoms with Crippen LogP contribution in [0.15, 0.2) is 24.3 Å². The quantitative estimate of drug-likeness (QED) is 0.846. The van der Waals surface area contributed by atoms with Crippen LogP contribution in [0.4, 0.5) is 4.39 Å². The van der Waals surface area contributed by atoms with E-state index >= 15 is 0 Å². The van der Waals surface area contributed by atoms with Gasteiger partial charge in [0, 0.05) is 10.9 Å². The molecule has 1 aromatic rings. The zero-order chi connectivity index (χ0) is 11.6. The first-order valence-electron chi connectivity index (χ1n) is 5.26. The number of benzene rings is 1. The van der Waals surface area contributed by atoms with Crippen LogP contribution < -0.4 is 5.32 Å². The van der Waals surface area contributed by atoms with E-state index in [-0.39, 0.29) is 23.7 Å². The predicted octanol–water partition coefficient (Wildman–Crippen LogP) is 2.41. The number of hydrogen-bond donors (Lipinski definition) is 1. The molecule has 0 aliphatic heterocycles. The van der Waals surface area contributed by atoms with Gasteiger partial charge in [0.25, 0.3) is 0 Å². The molecule has 0 unspecified atom stereocenters. The fraction of sp³-hybridized carbons (Fsp3) is 0.417. The Labute approximate surface area is 102 Å². The first-order valence-corrected chi connectivity index (χ1v) is 6.38. The molecule has 0 radical (unpaired) electrons. The molecule has 1 aromatic carbocycles. The molecule has 0 heterocycles. The predicted molar refractivity (Wildman–Crippen MR) is 64.0 cm³/mol. The first-order chi connectivity index (χ1) is 7.65. The van der Waals surface area contributed by atoms with Crippen molar-refractivity contribution in [3.63, 3.8) is 0 Å². The summed E-state index contributed by atoms with van der Waals surface area (Å²) in [5.41, 5.74) is 0.382. The fourth-order valence-electron chi connectivity index (χ4n) is 1.60. The summed E-state index contributed by atoms with van der Waals surface area (Å²) in [6.07, 6.45) is 2.12. The number of rotatable bonds is 4. The lowest BCUT2D eigenvalue weighted by Gasteiger charge is -2.14. The van der Waals surface area contributed by atoms with Crippen molar-refractivity contribution in [1.82, 2.24) is 5.32 Å². The summed E-state index contributed by atoms with van der Waals surface area (Å²) in [4.78, 5) is 11.7. The van der Waals surface area contributed by atoms with E-state index in [4.69, 9.17) is 0 Å². The summed E-state index contributed by atoms with van der Waals surface area (Å²) in [7, 11) is 0. The van der Waals surface area contributed by atoms with Crippen LogP contribution in [0, 0.1) is 5.82 Å². The Morgan fingerprint density at radius 2 is 2.12 bits per heavy atom. The number of carbonyl (C=O) groups is 1. The van der Waals surface area contributed by atoms with E-state index in [0.717, 1.165) is 18.2 Å². The smallest absolute Gasteiger partial charge is 0.224 e. The minimum Gasteiger partial charge on any atom is -0.350 e. The lowest BCUT2D eigenvalue weighted by atomic mass is 10.1. The van der Waals surface area contributed by atoms with E-state index in [9.17, 15) is 9.18 Å². The molecule has 2 nitrogen and oxygen atoms in total. The molecule has 0 saturated heterocycles. The van der Waals surface area contributed by atoms with Gasteiger partial charge >= 0.3 is 0 Å². The van der Waals surface area contributed by atoms with Gasteiger partial charge in [0.15, 0.2) is 0 Å². The standard InChI is InChI=1S/C12H13BrFNO/c13-8-12(5-6-12)15-11(16)7-9-3-1-2-4-10(9)14/h1-4H,5-8H2,(H,15,16). The van der Waals surface area contributed by atoms with E-state index in [1.165, 1.54) is 6.07 Å². The van der Waals surface area contributed by atoms with Gasteiger partial charge in [-0.25, -0.2) is 4.39 Å². The monoisotopic (exact) mass is 285 g/mol. The van der Waals surface area contributed by atoms with Crippen molar-refractivity contribution in [2.45, 2.75) is 24.8 Å². The summed E-state index contributed by atoms with van der Waals surface area (Å²) < 4.78 is 13.3. The number of carbonyl (C=O) groups excluding carboxylic acids is 1. The summed E-state index contributed by atoms with van der Waals surface area (Å²) in [6, 6.07) is 6.38. The molecule has 0 bridgehead atoms. The van der Waals surface area contributed by atoms with Crippen LogP contribution in [0.25, 0.3) is 0 Å². The molecular formula is C12H13BrFNO. The van der Waals surface area contributed by atoms with Gasteiger partial charge in [-0.1, -0.05) is 34.1 Å². The Balaban J connectivity index is 1.95. The number of hydrogen-bond acceptors (Lipinski definition) is 1. The van der Waals surface area contributed by atoms with Gasteiger partial charge in [-0.15, -0.1) is 0 Å². The van der Waals surface area contributed by atoms with Crippen LogP contribution in [0.3, 0.4) is 0 Å². The van der Waals surface area contributed by atoms with Crippen LogP contribution in [0.5, 0.6) is 0 Å². The molecule has 1 saturated carbocycles. The van der Waals surface area contributed by atoms with E-state index in [2.05, 4.69) is 21.2 Å². The van der Waals surface area contributed by atoms with Crippen LogP contribution >= 0.6 is 15.9 Å². The van der Waals surface area contributed by atoms with Crippen molar-refractivity contribution in [3.05, 3.63) is 35.6 Å². The average Bonchev–Trinajstić information content (AvgIpc) is 3.02. The second-order valence-electron chi connectivity index (χ2n) is 4.23. The van der Waals surface area contributed by atoms with Gasteiger partial charge in [-0.2, -0.15) is 0 Å². The molecule has 0 atom stereocenters. The van der Waals surface area contributed by atoms with Crippen molar-refractivity contribution >= 4 is 21.8 Å². The van der Waals surface area contributed by atoms with Gasteiger partial charge in [0.2, 0.25) is 5.91 Å². The van der Waals surface area contributed by atoms with Crippen molar-refractivity contribution in [2.75, 3.05) is 5.33 Å². The highest BCUT2D eigenvalue weighted by atomic mass is 79.9. The van der Waals surface area contributed by atoms with Crippen molar-refractivity contribution < 1.29 is 9.18 Å². The highest BCUT2D eigenvalue weighted by Gasteiger charge is 2.42. The molecular weight excluding hydrogens is 273 g/mol. The highest BCUT2D eigenvalue weighted by molar-refractivity contribution is 9.09. The lowest BCUT2D eigenvalue weighted by molar-refractivity contribution is -0.121. The van der Waals surface area contributed by atoms with Gasteiger partial charge in [0.1, 0.15) is 5.82 Å². The molecule has 1 fully saturated rings. The molecule has 0 aromatic heterocycles. The maximum atomic E-state index is 13.3. The molecule has 2 rings (SSSR count). The zero-order valence-electron chi connectivity index (χ0n) is 8.80. The maximum absolute atomic E-state index is 13.3. The van der Waals surface area contributed by atoms with E-state index in [0.29, 0.717) is 5.56 Å². The van der Waals surface area contributed by atoms with E-state index in [1.807, 2.05) is 0 Å². The zero-order valence-corrected chi connectivity index (χ0v) is 10.4. The topological polar surface area (TPSA) is 29.1 Å². The molecule has 86 valence electrons. The summed E-state index contributed by atoms with van der Waals surface area (Å²) in [6.45, 7) is 0. The van der Waals surface area contributed by atoms with Gasteiger partial charge in [-0.05, 0) is 24.5 Å². The molecule has 1 amide bonds. The summed E-state index contributed by atoms with van der Waals surface area (Å²) >= 11 is 3.37. The van der Waals surface area contributed by atoms with Crippen molar-refractivity contribution in [3.8, 4) is 0 Å². The SMILES string of the molecule is O=C(Cc1ccccc1F)NC1(CBr)CC1. The third kappa shape index (κ3) is 2.61. The Hall–Kier alpha value is -0.900. The largest absolute Gasteiger partial charge is 0.350 e. The lowest BCUT2D eigenvalue weighted by Crippen LogP contribution is -2.39. The van der Waals surface area contributed by atoms with E-state index < -0.39 is 0 Å². The third-order valence-corrected chi connectivity index (χ3v) is 3.90. The number of alkyl halides is 1. The summed E-state index contributed by atoms with van der Waals surface area (Å²) in [5.74, 6) is -0.427. The Kier molecular flexibility index (Phi) is 3.28. The third-order valence-electron chi connectivity index (χ3n) is 2.82. The Bertz CT molecular complexity index is 404. The van der Waals surface area contributed by atoms with Gasteiger partial charge in [-0.3, -0.25) is 4.79 Å². The average molecular weight is 286 g/mol. The minimum absolute atomic E-state index is 0.0671. The molecule has 1 N–H and O–H groups in total. The first kappa shape index (κ1) is 11.6. The summed E-state index contributed by atoms with van der Waals surface area (Å²) in [5, 5.41) is 3.71. The Morgan fingerprint density at radius 1 is 1.44 bits per heavy atom. The number of halogens is 2. The minimum atomic E-state index is -0.318.